The first-order valence-electron chi connectivity index (χ1n) is 7.74. The maximum absolute atomic E-state index is 10.0. The highest BCUT2D eigenvalue weighted by atomic mass is 16.3. The Balaban J connectivity index is 2.55. The average molecular weight is 291 g/mol. The molecule has 0 spiro atoms. The number of unbranched alkanes of at least 4 members (excludes halogenated alkanes) is 1. The largest absolute Gasteiger partial charge is 0.508 e. The van der Waals surface area contributed by atoms with Crippen LogP contribution in [0.5, 0.6) is 5.75 Å². The van der Waals surface area contributed by atoms with Gasteiger partial charge in [-0.25, -0.2) is 0 Å². The molecule has 4 nitrogen and oxygen atoms in total. The molecule has 0 radical (unpaired) electrons. The molecule has 1 atom stereocenters. The van der Waals surface area contributed by atoms with Crippen molar-refractivity contribution < 1.29 is 5.11 Å². The first-order valence-corrected chi connectivity index (χ1v) is 7.74. The summed E-state index contributed by atoms with van der Waals surface area (Å²) in [6.07, 6.45) is 7.29. The van der Waals surface area contributed by atoms with Crippen LogP contribution in [-0.4, -0.2) is 37.2 Å². The summed E-state index contributed by atoms with van der Waals surface area (Å²) in [4.78, 5) is 2.13. The van der Waals surface area contributed by atoms with Crippen molar-refractivity contribution in [3.8, 4) is 5.75 Å². The van der Waals surface area contributed by atoms with E-state index in [9.17, 15) is 5.11 Å². The fourth-order valence-corrected chi connectivity index (χ4v) is 2.25. The molecule has 4 heteroatoms. The number of nitrogens with zero attached hydrogens (tertiary/aromatic N) is 1. The zero-order valence-corrected chi connectivity index (χ0v) is 13.5. The van der Waals surface area contributed by atoms with Crippen molar-refractivity contribution in [3.63, 3.8) is 0 Å². The molecule has 0 bridgehead atoms. The number of phenols is 1. The van der Waals surface area contributed by atoms with Gasteiger partial charge in [0.25, 0.3) is 0 Å². The van der Waals surface area contributed by atoms with Gasteiger partial charge in [0.15, 0.2) is 0 Å². The van der Waals surface area contributed by atoms with Crippen molar-refractivity contribution in [2.75, 3.05) is 27.2 Å². The van der Waals surface area contributed by atoms with Gasteiger partial charge < -0.3 is 20.6 Å². The van der Waals surface area contributed by atoms with Crippen LogP contribution in [0.1, 0.15) is 37.8 Å². The molecule has 0 aliphatic rings. The predicted molar refractivity (Wildman–Crippen MR) is 89.2 cm³/mol. The molecule has 0 aromatic heterocycles. The lowest BCUT2D eigenvalue weighted by atomic mass is 10.00. The Bertz CT molecular complexity index is 420. The quantitative estimate of drug-likeness (QED) is 0.620. The molecule has 21 heavy (non-hydrogen) atoms. The van der Waals surface area contributed by atoms with E-state index in [1.807, 2.05) is 37.6 Å². The van der Waals surface area contributed by atoms with E-state index in [2.05, 4.69) is 29.5 Å². The maximum Gasteiger partial charge on any atom is 0.120 e. The average Bonchev–Trinajstić information content (AvgIpc) is 2.49. The molecular weight excluding hydrogens is 262 g/mol. The van der Waals surface area contributed by atoms with Crippen molar-refractivity contribution >= 4 is 0 Å². The molecule has 0 aliphatic carbocycles. The van der Waals surface area contributed by atoms with Gasteiger partial charge in [0.1, 0.15) is 5.75 Å². The van der Waals surface area contributed by atoms with Crippen LogP contribution in [0.2, 0.25) is 0 Å². The Hall–Kier alpha value is -1.68. The van der Waals surface area contributed by atoms with Gasteiger partial charge in [-0.15, -0.1) is 0 Å². The minimum atomic E-state index is 0.216. The molecule has 0 aliphatic heterocycles. The van der Waals surface area contributed by atoms with Crippen molar-refractivity contribution in [1.29, 1.82) is 0 Å². The van der Waals surface area contributed by atoms with E-state index in [-0.39, 0.29) is 6.04 Å². The van der Waals surface area contributed by atoms with Gasteiger partial charge in [-0.1, -0.05) is 38.0 Å². The lowest BCUT2D eigenvalue weighted by Crippen LogP contribution is -2.29. The highest BCUT2D eigenvalue weighted by Crippen LogP contribution is 2.27. The fraction of sp³-hybridized carbons (Fsp3) is 0.529. The second kappa shape index (κ2) is 10.1. The van der Waals surface area contributed by atoms with Crippen LogP contribution in [0.15, 0.2) is 36.7 Å². The Labute approximate surface area is 128 Å². The number of hydrogen-bond acceptors (Lipinski definition) is 4. The van der Waals surface area contributed by atoms with Gasteiger partial charge >= 0.3 is 0 Å². The number of phenolic OH excluding ortho intramolecular Hbond substituents is 1. The monoisotopic (exact) mass is 291 g/mol. The van der Waals surface area contributed by atoms with Gasteiger partial charge in [0, 0.05) is 51.2 Å². The van der Waals surface area contributed by atoms with E-state index in [0.29, 0.717) is 5.75 Å². The van der Waals surface area contributed by atoms with Crippen LogP contribution < -0.4 is 10.6 Å². The van der Waals surface area contributed by atoms with E-state index in [4.69, 9.17) is 0 Å². The third kappa shape index (κ3) is 6.54. The molecular formula is C17H29N3O. The summed E-state index contributed by atoms with van der Waals surface area (Å²) in [5, 5.41) is 16.6. The van der Waals surface area contributed by atoms with Crippen LogP contribution in [0.25, 0.3) is 0 Å². The van der Waals surface area contributed by atoms with Gasteiger partial charge in [0.2, 0.25) is 0 Å². The lowest BCUT2D eigenvalue weighted by molar-refractivity contribution is 0.393. The molecule has 1 aromatic carbocycles. The van der Waals surface area contributed by atoms with E-state index in [0.717, 1.165) is 37.9 Å². The Kier molecular flexibility index (Phi) is 8.36. The predicted octanol–water partition coefficient (Wildman–Crippen LogP) is 2.84. The molecule has 0 heterocycles. The molecule has 1 aromatic rings. The summed E-state index contributed by atoms with van der Waals surface area (Å²) >= 11 is 0. The van der Waals surface area contributed by atoms with E-state index in [1.54, 1.807) is 6.07 Å². The number of rotatable bonds is 10. The van der Waals surface area contributed by atoms with Crippen molar-refractivity contribution in [2.24, 2.45) is 0 Å². The minimum absolute atomic E-state index is 0.216. The molecule has 1 rings (SSSR count). The van der Waals surface area contributed by atoms with Gasteiger partial charge in [-0.2, -0.15) is 0 Å². The summed E-state index contributed by atoms with van der Waals surface area (Å²) in [6.45, 7) is 4.00. The molecule has 0 saturated carbocycles. The summed E-state index contributed by atoms with van der Waals surface area (Å²) in [5.74, 6) is 0.384. The summed E-state index contributed by atoms with van der Waals surface area (Å²) in [6, 6.07) is 7.84. The Morgan fingerprint density at radius 1 is 1.33 bits per heavy atom. The smallest absolute Gasteiger partial charge is 0.120 e. The molecule has 0 saturated heterocycles. The molecule has 1 unspecified atom stereocenters. The fourth-order valence-electron chi connectivity index (χ4n) is 2.25. The van der Waals surface area contributed by atoms with Crippen molar-refractivity contribution in [2.45, 2.75) is 32.2 Å². The van der Waals surface area contributed by atoms with Crippen LogP contribution in [0, 0.1) is 0 Å². The Morgan fingerprint density at radius 2 is 2.10 bits per heavy atom. The number of hydrogen-bond donors (Lipinski definition) is 3. The molecule has 0 fully saturated rings. The number of para-hydroxylation sites is 1. The normalized spacial score (nSPS) is 12.5. The van der Waals surface area contributed by atoms with E-state index >= 15 is 0 Å². The van der Waals surface area contributed by atoms with E-state index in [1.165, 1.54) is 0 Å². The van der Waals surface area contributed by atoms with Crippen LogP contribution >= 0.6 is 0 Å². The third-order valence-electron chi connectivity index (χ3n) is 3.51. The minimum Gasteiger partial charge on any atom is -0.508 e. The summed E-state index contributed by atoms with van der Waals surface area (Å²) in [7, 11) is 3.94. The second-order valence-corrected chi connectivity index (χ2v) is 5.29. The van der Waals surface area contributed by atoms with E-state index < -0.39 is 0 Å². The van der Waals surface area contributed by atoms with Crippen LogP contribution in [0.3, 0.4) is 0 Å². The van der Waals surface area contributed by atoms with Gasteiger partial charge in [0.05, 0.1) is 0 Å². The zero-order valence-electron chi connectivity index (χ0n) is 13.5. The number of benzene rings is 1. The van der Waals surface area contributed by atoms with Gasteiger partial charge in [-0.3, -0.25) is 0 Å². The highest BCUT2D eigenvalue weighted by molar-refractivity contribution is 5.34. The molecule has 3 N–H and O–H groups in total. The summed E-state index contributed by atoms with van der Waals surface area (Å²) < 4.78 is 0. The van der Waals surface area contributed by atoms with Crippen LogP contribution in [-0.2, 0) is 0 Å². The second-order valence-electron chi connectivity index (χ2n) is 5.29. The number of aromatic hydroxyl groups is 1. The zero-order chi connectivity index (χ0) is 15.5. The first-order chi connectivity index (χ1) is 10.2. The maximum atomic E-state index is 10.0. The Morgan fingerprint density at radius 3 is 2.76 bits per heavy atom. The van der Waals surface area contributed by atoms with Crippen molar-refractivity contribution in [1.82, 2.24) is 15.5 Å². The summed E-state index contributed by atoms with van der Waals surface area (Å²) in [5.41, 5.74) is 0.999. The van der Waals surface area contributed by atoms with Crippen molar-refractivity contribution in [3.05, 3.63) is 42.2 Å². The van der Waals surface area contributed by atoms with Gasteiger partial charge in [-0.05, 0) is 12.5 Å². The molecule has 118 valence electrons. The highest BCUT2D eigenvalue weighted by Gasteiger charge is 2.13. The van der Waals surface area contributed by atoms with Crippen LogP contribution in [0.4, 0.5) is 0 Å². The lowest BCUT2D eigenvalue weighted by Gasteiger charge is -2.22. The topological polar surface area (TPSA) is 47.5 Å². The first kappa shape index (κ1) is 17.4. The standard InChI is InChI=1S/C17H29N3O/c1-4-5-9-16(15-8-6-7-10-17(15)21)19-12-14-20(3)13-11-18-2/h6-8,10-11,13,16,18-19,21H,4-5,9,12,14H2,1-3H3/b13-11-. The SMILES string of the molecule is CCCCC(NCCN(C)/C=C\NC)c1ccccc1O. The third-order valence-corrected chi connectivity index (χ3v) is 3.51. The number of nitrogens with one attached hydrogen (secondary N) is 2. The molecule has 0 amide bonds. The number of likely N-dealkylation sites (N-methyl/N-ethyl adjacent to an activating group) is 1.